The molecule has 10 atom stereocenters. The van der Waals surface area contributed by atoms with E-state index in [-0.39, 0.29) is 12.7 Å². The van der Waals surface area contributed by atoms with Crippen molar-refractivity contribution in [1.29, 1.82) is 0 Å². The van der Waals surface area contributed by atoms with E-state index in [0.717, 1.165) is 89.9 Å². The van der Waals surface area contributed by atoms with Gasteiger partial charge in [-0.25, -0.2) is 0 Å². The lowest BCUT2D eigenvalue weighted by atomic mass is 9.97. The highest BCUT2D eigenvalue weighted by molar-refractivity contribution is 4.96. The Morgan fingerprint density at radius 2 is 0.673 bits per heavy atom. The van der Waals surface area contributed by atoms with Crippen LogP contribution in [-0.2, 0) is 52.1 Å². The van der Waals surface area contributed by atoms with Crippen molar-refractivity contribution in [2.75, 3.05) is 66.6 Å². The summed E-state index contributed by atoms with van der Waals surface area (Å²) in [5, 5.41) is 0. The van der Waals surface area contributed by atoms with Crippen molar-refractivity contribution < 1.29 is 52.1 Å². The molecule has 2 fully saturated rings. The zero-order valence-electron chi connectivity index (χ0n) is 34.5. The second-order valence-corrected chi connectivity index (χ2v) is 14.2. The normalized spacial score (nSPS) is 29.5. The van der Waals surface area contributed by atoms with Crippen LogP contribution in [-0.4, -0.2) is 128 Å². The van der Waals surface area contributed by atoms with Gasteiger partial charge in [0, 0.05) is 53.4 Å². The maximum Gasteiger partial charge on any atom is 0.187 e. The van der Waals surface area contributed by atoms with Crippen molar-refractivity contribution in [2.24, 2.45) is 0 Å². The van der Waals surface area contributed by atoms with E-state index in [1.54, 1.807) is 7.11 Å². The quantitative estimate of drug-likeness (QED) is 0.0610. The van der Waals surface area contributed by atoms with E-state index < -0.39 is 55.3 Å². The van der Waals surface area contributed by atoms with Gasteiger partial charge in [0.1, 0.15) is 48.8 Å². The number of unbranched alkanes of at least 4 members (excludes halogenated alkanes) is 7. The summed E-state index contributed by atoms with van der Waals surface area (Å²) in [6, 6.07) is 0. The minimum absolute atomic E-state index is 0.177. The largest absolute Gasteiger partial charge is 0.379 e. The third-order valence-electron chi connectivity index (χ3n) is 9.61. The Kier molecular flexibility index (Phi) is 28.2. The SMILES string of the molecule is CCCCOCC1O[C@H](OCC2O[C@H](OC)C(OCCCC)C(OCCCC)[C@@H]2OCCCC)C(OCCCC)[C@@H](OCCCC)[C@@H]1OCCCC. The Bertz CT molecular complexity index is 807. The minimum atomic E-state index is -0.742. The summed E-state index contributed by atoms with van der Waals surface area (Å²) in [4.78, 5) is 0. The lowest BCUT2D eigenvalue weighted by Crippen LogP contribution is -2.64. The molecule has 0 aromatic rings. The number of hydrogen-bond acceptors (Lipinski definition) is 11. The van der Waals surface area contributed by atoms with Crippen molar-refractivity contribution in [3.63, 3.8) is 0 Å². The monoisotopic (exact) mass is 749 g/mol. The van der Waals surface area contributed by atoms with Gasteiger partial charge in [-0.15, -0.1) is 0 Å². The van der Waals surface area contributed by atoms with Crippen molar-refractivity contribution in [3.8, 4) is 0 Å². The summed E-state index contributed by atoms with van der Waals surface area (Å²) in [6.07, 6.45) is 9.00. The summed E-state index contributed by atoms with van der Waals surface area (Å²) >= 11 is 0. The van der Waals surface area contributed by atoms with Gasteiger partial charge in [0.2, 0.25) is 0 Å². The van der Waals surface area contributed by atoms with E-state index in [1.807, 2.05) is 0 Å². The van der Waals surface area contributed by atoms with E-state index in [2.05, 4.69) is 48.5 Å². The molecule has 11 nitrogen and oxygen atoms in total. The molecule has 0 bridgehead atoms. The zero-order chi connectivity index (χ0) is 37.8. The third kappa shape index (κ3) is 17.1. The van der Waals surface area contributed by atoms with Crippen LogP contribution in [0.3, 0.4) is 0 Å². The van der Waals surface area contributed by atoms with Crippen LogP contribution < -0.4 is 0 Å². The molecule has 0 spiro atoms. The fourth-order valence-electron chi connectivity index (χ4n) is 6.30. The molecule has 0 radical (unpaired) electrons. The predicted octanol–water partition coefficient (Wildman–Crippen LogP) is 8.03. The van der Waals surface area contributed by atoms with Crippen LogP contribution in [0.25, 0.3) is 0 Å². The molecule has 0 aromatic carbocycles. The standard InChI is InChI=1S/C41H80O11/c1-9-16-23-43-30-32-34(44-24-17-10-2)37(47-27-20-13-5)39(49-29-22-15-7)41(52-32)50-31-33-35(45-25-18-11-3)36(46-26-19-12-4)38(40(42-8)51-33)48-28-21-14-6/h32-41H,9-31H2,1-8H3/t32?,33?,34-,35-,36?,37+,38?,39?,40+,41+/m1/s1. The van der Waals surface area contributed by atoms with Gasteiger partial charge in [0.05, 0.1) is 13.2 Å². The van der Waals surface area contributed by atoms with Crippen LogP contribution >= 0.6 is 0 Å². The van der Waals surface area contributed by atoms with E-state index in [1.165, 1.54) is 0 Å². The minimum Gasteiger partial charge on any atom is -0.379 e. The number of hydrogen-bond donors (Lipinski definition) is 0. The molecule has 0 amide bonds. The van der Waals surface area contributed by atoms with Gasteiger partial charge in [-0.1, -0.05) is 93.4 Å². The summed E-state index contributed by atoms with van der Waals surface area (Å²) in [7, 11) is 1.65. The van der Waals surface area contributed by atoms with Gasteiger partial charge in [-0.05, 0) is 44.9 Å². The fourth-order valence-corrected chi connectivity index (χ4v) is 6.30. The van der Waals surface area contributed by atoms with Gasteiger partial charge in [0.25, 0.3) is 0 Å². The molecule has 2 aliphatic rings. The van der Waals surface area contributed by atoms with Gasteiger partial charge < -0.3 is 52.1 Å². The van der Waals surface area contributed by atoms with Crippen LogP contribution in [0.15, 0.2) is 0 Å². The summed E-state index contributed by atoms with van der Waals surface area (Å²) in [5.41, 5.74) is 0. The first kappa shape index (κ1) is 47.7. The Morgan fingerprint density at radius 1 is 0.346 bits per heavy atom. The molecular formula is C41H80O11. The van der Waals surface area contributed by atoms with Gasteiger partial charge in [-0.2, -0.15) is 0 Å². The average molecular weight is 749 g/mol. The van der Waals surface area contributed by atoms with Gasteiger partial charge in [-0.3, -0.25) is 0 Å². The topological polar surface area (TPSA) is 102 Å². The maximum atomic E-state index is 6.80. The van der Waals surface area contributed by atoms with Crippen molar-refractivity contribution in [1.82, 2.24) is 0 Å². The van der Waals surface area contributed by atoms with Crippen molar-refractivity contribution >= 4 is 0 Å². The molecule has 2 heterocycles. The maximum absolute atomic E-state index is 6.80. The molecule has 0 aliphatic carbocycles. The zero-order valence-corrected chi connectivity index (χ0v) is 34.5. The average Bonchev–Trinajstić information content (AvgIpc) is 3.15. The lowest BCUT2D eigenvalue weighted by Gasteiger charge is -2.48. The van der Waals surface area contributed by atoms with E-state index in [4.69, 9.17) is 52.1 Å². The Balaban J connectivity index is 2.45. The van der Waals surface area contributed by atoms with Crippen LogP contribution in [0.5, 0.6) is 0 Å². The first-order chi connectivity index (χ1) is 25.5. The highest BCUT2D eigenvalue weighted by Crippen LogP contribution is 2.33. The number of ether oxygens (including phenoxy) is 11. The molecule has 2 aliphatic heterocycles. The molecule has 2 rings (SSSR count). The Morgan fingerprint density at radius 3 is 1.08 bits per heavy atom. The smallest absolute Gasteiger partial charge is 0.187 e. The van der Waals surface area contributed by atoms with Crippen molar-refractivity contribution in [2.45, 2.75) is 200 Å². The van der Waals surface area contributed by atoms with Crippen molar-refractivity contribution in [3.05, 3.63) is 0 Å². The predicted molar refractivity (Wildman–Crippen MR) is 204 cm³/mol. The second kappa shape index (κ2) is 30.7. The molecular weight excluding hydrogens is 668 g/mol. The lowest BCUT2D eigenvalue weighted by molar-refractivity contribution is -0.347. The molecule has 2 saturated heterocycles. The third-order valence-corrected chi connectivity index (χ3v) is 9.61. The highest BCUT2D eigenvalue weighted by atomic mass is 16.7. The van der Waals surface area contributed by atoms with Gasteiger partial charge in [0.15, 0.2) is 12.6 Å². The summed E-state index contributed by atoms with van der Waals surface area (Å²) in [5.74, 6) is 0. The molecule has 0 aromatic heterocycles. The van der Waals surface area contributed by atoms with Crippen LogP contribution in [0.1, 0.15) is 138 Å². The summed E-state index contributed by atoms with van der Waals surface area (Å²) < 4.78 is 71.8. The fraction of sp³-hybridized carbons (Fsp3) is 1.00. The van der Waals surface area contributed by atoms with E-state index in [9.17, 15) is 0 Å². The molecule has 0 N–H and O–H groups in total. The molecule has 0 saturated carbocycles. The van der Waals surface area contributed by atoms with Crippen LogP contribution in [0, 0.1) is 0 Å². The first-order valence-electron chi connectivity index (χ1n) is 21.3. The number of methoxy groups -OCH3 is 1. The first-order valence-corrected chi connectivity index (χ1v) is 21.3. The molecule has 11 heteroatoms. The van der Waals surface area contributed by atoms with Crippen LogP contribution in [0.4, 0.5) is 0 Å². The van der Waals surface area contributed by atoms with Crippen LogP contribution in [0.2, 0.25) is 0 Å². The molecule has 310 valence electrons. The molecule has 52 heavy (non-hydrogen) atoms. The van der Waals surface area contributed by atoms with E-state index in [0.29, 0.717) is 52.9 Å². The number of rotatable bonds is 33. The van der Waals surface area contributed by atoms with Gasteiger partial charge >= 0.3 is 0 Å². The van der Waals surface area contributed by atoms with E-state index >= 15 is 0 Å². The Hall–Kier alpha value is -0.440. The molecule has 5 unspecified atom stereocenters. The highest BCUT2D eigenvalue weighted by Gasteiger charge is 2.52. The second-order valence-electron chi connectivity index (χ2n) is 14.2. The summed E-state index contributed by atoms with van der Waals surface area (Å²) in [6.45, 7) is 19.9. The Labute approximate surface area is 318 Å².